The Morgan fingerprint density at radius 3 is 2.58 bits per heavy atom. The van der Waals surface area contributed by atoms with Gasteiger partial charge < -0.3 is 11.1 Å². The summed E-state index contributed by atoms with van der Waals surface area (Å²) in [6.07, 6.45) is 7.18. The van der Waals surface area contributed by atoms with Crippen molar-refractivity contribution < 1.29 is 0 Å². The zero-order valence-corrected chi connectivity index (χ0v) is 6.77. The zero-order chi connectivity index (χ0) is 8.39. The highest BCUT2D eigenvalue weighted by atomic mass is 15.0. The Bertz CT molecular complexity index is 242. The van der Waals surface area contributed by atoms with E-state index in [1.165, 1.54) is 6.33 Å². The van der Waals surface area contributed by atoms with Crippen molar-refractivity contribution in [2.24, 2.45) is 5.73 Å². The van der Waals surface area contributed by atoms with Gasteiger partial charge in [-0.2, -0.15) is 0 Å². The van der Waals surface area contributed by atoms with E-state index >= 15 is 0 Å². The number of aromatic nitrogens is 2. The fourth-order valence-corrected chi connectivity index (χ4v) is 1.39. The molecule has 0 spiro atoms. The number of hydrogen-bond donors (Lipinski definition) is 2. The molecule has 1 aliphatic rings. The Morgan fingerprint density at radius 1 is 1.33 bits per heavy atom. The fraction of sp³-hybridized carbons (Fsp3) is 0.500. The Labute approximate surface area is 71.2 Å². The van der Waals surface area contributed by atoms with Crippen LogP contribution < -0.4 is 11.1 Å². The van der Waals surface area contributed by atoms with Crippen molar-refractivity contribution >= 4 is 5.69 Å². The second kappa shape index (κ2) is 3.06. The molecule has 0 unspecified atom stereocenters. The van der Waals surface area contributed by atoms with Crippen molar-refractivity contribution in [1.29, 1.82) is 0 Å². The normalized spacial score (nSPS) is 27.8. The molecule has 0 amide bonds. The Kier molecular flexibility index (Phi) is 1.91. The van der Waals surface area contributed by atoms with Gasteiger partial charge in [-0.25, -0.2) is 9.97 Å². The minimum Gasteiger partial charge on any atom is -0.380 e. The first-order valence-corrected chi connectivity index (χ1v) is 4.12. The molecular weight excluding hydrogens is 152 g/mol. The molecule has 1 aliphatic carbocycles. The second-order valence-electron chi connectivity index (χ2n) is 3.20. The maximum absolute atomic E-state index is 5.65. The molecule has 0 aliphatic heterocycles. The van der Waals surface area contributed by atoms with E-state index in [2.05, 4.69) is 15.3 Å². The van der Waals surface area contributed by atoms with Crippen molar-refractivity contribution in [2.75, 3.05) is 5.32 Å². The van der Waals surface area contributed by atoms with Gasteiger partial charge in [0, 0.05) is 12.1 Å². The summed E-state index contributed by atoms with van der Waals surface area (Å²) in [5.74, 6) is 0. The zero-order valence-electron chi connectivity index (χ0n) is 6.77. The van der Waals surface area contributed by atoms with Crippen molar-refractivity contribution in [2.45, 2.75) is 24.9 Å². The minimum absolute atomic E-state index is 0.382. The lowest BCUT2D eigenvalue weighted by Crippen LogP contribution is -2.44. The third-order valence-corrected chi connectivity index (χ3v) is 2.11. The highest BCUT2D eigenvalue weighted by Gasteiger charge is 2.25. The number of nitrogens with zero attached hydrogens (tertiary/aromatic N) is 2. The van der Waals surface area contributed by atoms with Gasteiger partial charge in [0.1, 0.15) is 6.33 Å². The van der Waals surface area contributed by atoms with Crippen LogP contribution in [0.15, 0.2) is 18.7 Å². The molecule has 1 fully saturated rings. The molecule has 3 N–H and O–H groups in total. The van der Waals surface area contributed by atoms with E-state index in [9.17, 15) is 0 Å². The molecule has 0 aromatic carbocycles. The third kappa shape index (κ3) is 1.53. The smallest absolute Gasteiger partial charge is 0.115 e. The molecule has 0 saturated heterocycles. The van der Waals surface area contributed by atoms with Gasteiger partial charge in [0.15, 0.2) is 0 Å². The van der Waals surface area contributed by atoms with E-state index in [4.69, 9.17) is 5.73 Å². The van der Waals surface area contributed by atoms with Crippen LogP contribution in [0.3, 0.4) is 0 Å². The van der Waals surface area contributed by atoms with Crippen LogP contribution in [0, 0.1) is 0 Å². The lowest BCUT2D eigenvalue weighted by molar-refractivity contribution is 0.373. The Morgan fingerprint density at radius 2 is 2.00 bits per heavy atom. The molecule has 0 atom stereocenters. The fourth-order valence-electron chi connectivity index (χ4n) is 1.39. The molecule has 1 heterocycles. The molecule has 4 nitrogen and oxygen atoms in total. The topological polar surface area (TPSA) is 63.8 Å². The average Bonchev–Trinajstić information content (AvgIpc) is 2.04. The van der Waals surface area contributed by atoms with Crippen LogP contribution in [0.2, 0.25) is 0 Å². The molecule has 64 valence electrons. The maximum atomic E-state index is 5.65. The van der Waals surface area contributed by atoms with E-state index in [0.29, 0.717) is 12.1 Å². The van der Waals surface area contributed by atoms with Crippen LogP contribution in [-0.4, -0.2) is 22.1 Å². The second-order valence-corrected chi connectivity index (χ2v) is 3.20. The molecule has 0 radical (unpaired) electrons. The number of hydrogen-bond acceptors (Lipinski definition) is 4. The number of nitrogens with two attached hydrogens (primary N) is 1. The van der Waals surface area contributed by atoms with Crippen molar-refractivity contribution in [3.05, 3.63) is 18.7 Å². The lowest BCUT2D eigenvalue weighted by atomic mass is 9.87. The summed E-state index contributed by atoms with van der Waals surface area (Å²) in [6.45, 7) is 0. The van der Waals surface area contributed by atoms with Crippen molar-refractivity contribution in [1.82, 2.24) is 9.97 Å². The predicted molar refractivity (Wildman–Crippen MR) is 46.7 cm³/mol. The van der Waals surface area contributed by atoms with Gasteiger partial charge in [0.25, 0.3) is 0 Å². The molecule has 4 heteroatoms. The summed E-state index contributed by atoms with van der Waals surface area (Å²) in [4.78, 5) is 7.82. The monoisotopic (exact) mass is 164 g/mol. The van der Waals surface area contributed by atoms with Crippen LogP contribution >= 0.6 is 0 Å². The highest BCUT2D eigenvalue weighted by molar-refractivity contribution is 5.39. The van der Waals surface area contributed by atoms with Crippen LogP contribution in [-0.2, 0) is 0 Å². The lowest BCUT2D eigenvalue weighted by Gasteiger charge is -2.33. The van der Waals surface area contributed by atoms with Crippen LogP contribution in [0.4, 0.5) is 5.69 Å². The van der Waals surface area contributed by atoms with Crippen molar-refractivity contribution in [3.63, 3.8) is 0 Å². The number of nitrogens with one attached hydrogen (secondary N) is 1. The Balaban J connectivity index is 1.88. The highest BCUT2D eigenvalue weighted by Crippen LogP contribution is 2.21. The third-order valence-electron chi connectivity index (χ3n) is 2.11. The van der Waals surface area contributed by atoms with Crippen LogP contribution in [0.1, 0.15) is 12.8 Å². The molecule has 1 aromatic rings. The molecule has 12 heavy (non-hydrogen) atoms. The summed E-state index contributed by atoms with van der Waals surface area (Å²) in [5.41, 5.74) is 6.63. The first-order valence-electron chi connectivity index (χ1n) is 4.12. The summed E-state index contributed by atoms with van der Waals surface area (Å²) < 4.78 is 0. The van der Waals surface area contributed by atoms with E-state index in [1.54, 1.807) is 12.4 Å². The summed E-state index contributed by atoms with van der Waals surface area (Å²) in [6, 6.07) is 0.901. The van der Waals surface area contributed by atoms with Gasteiger partial charge in [0.2, 0.25) is 0 Å². The SMILES string of the molecule is NC1CC(Nc2cncnc2)C1. The maximum Gasteiger partial charge on any atom is 0.115 e. The summed E-state index contributed by atoms with van der Waals surface area (Å²) in [5, 5.41) is 3.30. The van der Waals surface area contributed by atoms with E-state index in [1.807, 2.05) is 0 Å². The number of rotatable bonds is 2. The average molecular weight is 164 g/mol. The largest absolute Gasteiger partial charge is 0.380 e. The Hall–Kier alpha value is -1.16. The minimum atomic E-state index is 0.382. The summed E-state index contributed by atoms with van der Waals surface area (Å²) >= 11 is 0. The molecule has 2 rings (SSSR count). The van der Waals surface area contributed by atoms with Gasteiger partial charge in [-0.15, -0.1) is 0 Å². The summed E-state index contributed by atoms with van der Waals surface area (Å²) in [7, 11) is 0. The standard InChI is InChI=1S/C8H12N4/c9-6-1-7(2-6)12-8-3-10-5-11-4-8/h3-7,12H,1-2,9H2. The van der Waals surface area contributed by atoms with Crippen molar-refractivity contribution in [3.8, 4) is 0 Å². The van der Waals surface area contributed by atoms with Crippen LogP contribution in [0.5, 0.6) is 0 Å². The predicted octanol–water partition coefficient (Wildman–Crippen LogP) is 0.378. The van der Waals surface area contributed by atoms with Crippen LogP contribution in [0.25, 0.3) is 0 Å². The molecule has 1 aromatic heterocycles. The van der Waals surface area contributed by atoms with Gasteiger partial charge in [-0.3, -0.25) is 0 Å². The first kappa shape index (κ1) is 7.49. The van der Waals surface area contributed by atoms with Gasteiger partial charge >= 0.3 is 0 Å². The van der Waals surface area contributed by atoms with Gasteiger partial charge in [-0.05, 0) is 12.8 Å². The molecule has 1 saturated carbocycles. The first-order chi connectivity index (χ1) is 5.84. The van der Waals surface area contributed by atoms with Gasteiger partial charge in [-0.1, -0.05) is 0 Å². The van der Waals surface area contributed by atoms with Gasteiger partial charge in [0.05, 0.1) is 18.1 Å². The quantitative estimate of drug-likeness (QED) is 0.663. The number of anilines is 1. The van der Waals surface area contributed by atoms with E-state index < -0.39 is 0 Å². The van der Waals surface area contributed by atoms with E-state index in [-0.39, 0.29) is 0 Å². The van der Waals surface area contributed by atoms with E-state index in [0.717, 1.165) is 18.5 Å². The molecular formula is C8H12N4. The molecule has 0 bridgehead atoms.